The summed E-state index contributed by atoms with van der Waals surface area (Å²) in [5.41, 5.74) is 0.910. The summed E-state index contributed by atoms with van der Waals surface area (Å²) < 4.78 is -1.54. The fourth-order valence-electron chi connectivity index (χ4n) is 1.04. The highest BCUT2D eigenvalue weighted by Crippen LogP contribution is 2.39. The Morgan fingerprint density at radius 2 is 1.93 bits per heavy atom. The Balaban J connectivity index is 3.20. The number of hydrogen-bond acceptors (Lipinski definition) is 2. The van der Waals surface area contributed by atoms with Gasteiger partial charge in [-0.2, -0.15) is 0 Å². The fraction of sp³-hybridized carbons (Fsp3) is 0.250. The molecule has 76 valence electrons. The van der Waals surface area contributed by atoms with E-state index in [2.05, 4.69) is 0 Å². The lowest BCUT2D eigenvalue weighted by Crippen LogP contribution is -2.01. The van der Waals surface area contributed by atoms with Crippen molar-refractivity contribution in [1.82, 2.24) is 0 Å². The lowest BCUT2D eigenvalue weighted by atomic mass is 10.1. The lowest BCUT2D eigenvalue weighted by Gasteiger charge is -2.11. The van der Waals surface area contributed by atoms with Crippen LogP contribution in [0, 0.1) is 17.0 Å². The van der Waals surface area contributed by atoms with Crippen molar-refractivity contribution in [3.05, 3.63) is 39.4 Å². The maximum atomic E-state index is 10.5. The molecule has 0 radical (unpaired) electrons. The van der Waals surface area contributed by atoms with E-state index in [1.165, 1.54) is 18.2 Å². The van der Waals surface area contributed by atoms with Gasteiger partial charge in [0.2, 0.25) is 3.79 Å². The van der Waals surface area contributed by atoms with Crippen LogP contribution in [0.15, 0.2) is 18.2 Å². The molecule has 0 aromatic heterocycles. The van der Waals surface area contributed by atoms with Gasteiger partial charge in [-0.05, 0) is 19.1 Å². The summed E-state index contributed by atoms with van der Waals surface area (Å²) in [5.74, 6) is 0. The minimum Gasteiger partial charge on any atom is -0.258 e. The van der Waals surface area contributed by atoms with E-state index >= 15 is 0 Å². The molecule has 0 heterocycles. The zero-order chi connectivity index (χ0) is 10.9. The molecule has 0 fully saturated rings. The summed E-state index contributed by atoms with van der Waals surface area (Å²) in [6, 6.07) is 4.25. The van der Waals surface area contributed by atoms with Crippen molar-refractivity contribution >= 4 is 40.5 Å². The van der Waals surface area contributed by atoms with Crippen LogP contribution in [0.25, 0.3) is 0 Å². The molecule has 0 atom stereocenters. The number of benzene rings is 1. The number of nitrogens with zero attached hydrogens (tertiary/aromatic N) is 1. The zero-order valence-electron chi connectivity index (χ0n) is 7.13. The SMILES string of the molecule is Cc1cc(C(Cl)(Cl)Cl)ccc1[N+](=O)[O-]. The van der Waals surface area contributed by atoms with Crippen molar-refractivity contribution in [2.45, 2.75) is 10.7 Å². The highest BCUT2D eigenvalue weighted by molar-refractivity contribution is 6.66. The Morgan fingerprint density at radius 3 is 2.29 bits per heavy atom. The molecule has 0 N–H and O–H groups in total. The second-order valence-electron chi connectivity index (χ2n) is 2.76. The zero-order valence-corrected chi connectivity index (χ0v) is 9.40. The van der Waals surface area contributed by atoms with Crippen molar-refractivity contribution < 1.29 is 4.92 Å². The number of nitro groups is 1. The quantitative estimate of drug-likeness (QED) is 0.435. The van der Waals surface area contributed by atoms with Crippen molar-refractivity contribution in [3.63, 3.8) is 0 Å². The molecule has 0 spiro atoms. The van der Waals surface area contributed by atoms with E-state index in [-0.39, 0.29) is 5.69 Å². The van der Waals surface area contributed by atoms with Crippen molar-refractivity contribution in [2.24, 2.45) is 0 Å². The van der Waals surface area contributed by atoms with Gasteiger partial charge in [-0.15, -0.1) is 0 Å². The second-order valence-corrected chi connectivity index (χ2v) is 5.04. The predicted molar refractivity (Wildman–Crippen MR) is 57.1 cm³/mol. The number of halogens is 3. The predicted octanol–water partition coefficient (Wildman–Crippen LogP) is 3.73. The third-order valence-corrected chi connectivity index (χ3v) is 2.38. The number of aryl methyl sites for hydroxylation is 1. The molecule has 0 aliphatic rings. The molecular weight excluding hydrogens is 248 g/mol. The topological polar surface area (TPSA) is 43.1 Å². The molecule has 1 aromatic carbocycles. The Hall–Kier alpha value is -0.510. The Bertz CT molecular complexity index is 373. The monoisotopic (exact) mass is 253 g/mol. The Morgan fingerprint density at radius 1 is 1.36 bits per heavy atom. The molecule has 0 saturated heterocycles. The lowest BCUT2D eigenvalue weighted by molar-refractivity contribution is -0.385. The van der Waals surface area contributed by atoms with E-state index in [1.54, 1.807) is 6.92 Å². The number of alkyl halides is 3. The van der Waals surface area contributed by atoms with Crippen molar-refractivity contribution in [1.29, 1.82) is 0 Å². The summed E-state index contributed by atoms with van der Waals surface area (Å²) >= 11 is 16.9. The van der Waals surface area contributed by atoms with Gasteiger partial charge in [-0.3, -0.25) is 10.1 Å². The van der Waals surface area contributed by atoms with Crippen LogP contribution >= 0.6 is 34.8 Å². The molecule has 14 heavy (non-hydrogen) atoms. The van der Waals surface area contributed by atoms with Gasteiger partial charge in [0.25, 0.3) is 5.69 Å². The summed E-state index contributed by atoms with van der Waals surface area (Å²) in [4.78, 5) is 10.0. The first-order valence-corrected chi connectivity index (χ1v) is 4.78. The smallest absolute Gasteiger partial charge is 0.258 e. The molecule has 0 amide bonds. The Kier molecular flexibility index (Phi) is 3.24. The molecule has 0 aliphatic carbocycles. The summed E-state index contributed by atoms with van der Waals surface area (Å²) in [7, 11) is 0. The average molecular weight is 254 g/mol. The van der Waals surface area contributed by atoms with Crippen molar-refractivity contribution in [3.8, 4) is 0 Å². The standard InChI is InChI=1S/C8H6Cl3NO2/c1-5-4-6(8(9,10)11)2-3-7(5)12(13)14/h2-4H,1H3. The third-order valence-electron chi connectivity index (χ3n) is 1.72. The van der Waals surface area contributed by atoms with E-state index in [4.69, 9.17) is 34.8 Å². The van der Waals surface area contributed by atoms with Gasteiger partial charge < -0.3 is 0 Å². The largest absolute Gasteiger partial charge is 0.272 e. The molecule has 1 rings (SSSR count). The van der Waals surface area contributed by atoms with Crippen LogP contribution in [0.2, 0.25) is 0 Å². The maximum absolute atomic E-state index is 10.5. The molecule has 0 saturated carbocycles. The van der Waals surface area contributed by atoms with E-state index in [9.17, 15) is 10.1 Å². The van der Waals surface area contributed by atoms with Crippen LogP contribution in [-0.4, -0.2) is 4.92 Å². The van der Waals surface area contributed by atoms with Crippen LogP contribution in [0.3, 0.4) is 0 Å². The molecular formula is C8H6Cl3NO2. The molecule has 0 unspecified atom stereocenters. The van der Waals surface area contributed by atoms with Crippen LogP contribution in [0.4, 0.5) is 5.69 Å². The Labute approximate surface area is 95.7 Å². The molecule has 0 aliphatic heterocycles. The third kappa shape index (κ3) is 2.50. The number of hydrogen-bond donors (Lipinski definition) is 0. The van der Waals surface area contributed by atoms with Crippen LogP contribution in [0.1, 0.15) is 11.1 Å². The highest BCUT2D eigenvalue weighted by atomic mass is 35.6. The molecule has 3 nitrogen and oxygen atoms in total. The summed E-state index contributed by atoms with van der Waals surface area (Å²) in [6.07, 6.45) is 0. The first-order valence-electron chi connectivity index (χ1n) is 3.64. The van der Waals surface area contributed by atoms with Crippen LogP contribution in [0.5, 0.6) is 0 Å². The fourth-order valence-corrected chi connectivity index (χ4v) is 1.39. The maximum Gasteiger partial charge on any atom is 0.272 e. The van der Waals surface area contributed by atoms with Gasteiger partial charge in [0, 0.05) is 17.2 Å². The second kappa shape index (κ2) is 3.93. The first kappa shape index (κ1) is 11.6. The van der Waals surface area contributed by atoms with Gasteiger partial charge in [-0.25, -0.2) is 0 Å². The summed E-state index contributed by atoms with van der Waals surface area (Å²) in [5, 5.41) is 10.5. The van der Waals surface area contributed by atoms with E-state index < -0.39 is 8.72 Å². The van der Waals surface area contributed by atoms with Crippen molar-refractivity contribution in [2.75, 3.05) is 0 Å². The van der Waals surface area contributed by atoms with Gasteiger partial charge in [-0.1, -0.05) is 34.8 Å². The molecule has 1 aromatic rings. The molecule has 0 bridgehead atoms. The van der Waals surface area contributed by atoms with Gasteiger partial charge in [0.05, 0.1) is 4.92 Å². The highest BCUT2D eigenvalue weighted by Gasteiger charge is 2.24. The van der Waals surface area contributed by atoms with Gasteiger partial charge in [0.15, 0.2) is 0 Å². The van der Waals surface area contributed by atoms with Crippen LogP contribution in [-0.2, 0) is 3.79 Å². The van der Waals surface area contributed by atoms with E-state index in [0.717, 1.165) is 0 Å². The minimum absolute atomic E-state index is 0.0167. The normalized spacial score (nSPS) is 11.4. The summed E-state index contributed by atoms with van der Waals surface area (Å²) in [6.45, 7) is 1.60. The van der Waals surface area contributed by atoms with Gasteiger partial charge >= 0.3 is 0 Å². The molecule has 6 heteroatoms. The minimum atomic E-state index is -1.54. The van der Waals surface area contributed by atoms with E-state index in [0.29, 0.717) is 11.1 Å². The first-order chi connectivity index (χ1) is 6.32. The number of rotatable bonds is 1. The van der Waals surface area contributed by atoms with E-state index in [1.807, 2.05) is 0 Å². The van der Waals surface area contributed by atoms with Gasteiger partial charge in [0.1, 0.15) is 0 Å². The van der Waals surface area contributed by atoms with Crippen LogP contribution < -0.4 is 0 Å². The average Bonchev–Trinajstić information content (AvgIpc) is 2.01. The number of nitro benzene ring substituents is 1.